The Balaban J connectivity index is 1.54. The molecule has 134 valence electrons. The minimum absolute atomic E-state index is 0.0732. The number of piperazine rings is 1. The molecule has 0 aliphatic carbocycles. The third kappa shape index (κ3) is 4.21. The average Bonchev–Trinajstić information content (AvgIpc) is 3.01. The second-order valence-corrected chi connectivity index (χ2v) is 6.51. The number of nitrogens with zero attached hydrogens (tertiary/aromatic N) is 6. The van der Waals surface area contributed by atoms with E-state index in [-0.39, 0.29) is 11.9 Å². The molecule has 1 saturated heterocycles. The van der Waals surface area contributed by atoms with Crippen LogP contribution in [-0.2, 0) is 18.4 Å². The largest absolute Gasteiger partial charge is 0.337 e. The van der Waals surface area contributed by atoms with E-state index in [1.165, 1.54) is 0 Å². The number of carbonyl (C=O) groups excluding carboxylic acids is 1. The Bertz CT molecular complexity index is 702. The second kappa shape index (κ2) is 7.71. The molecule has 1 amide bonds. The van der Waals surface area contributed by atoms with Crippen LogP contribution in [0.25, 0.3) is 0 Å². The minimum Gasteiger partial charge on any atom is -0.337 e. The van der Waals surface area contributed by atoms with Gasteiger partial charge in [0.2, 0.25) is 11.9 Å². The summed E-state index contributed by atoms with van der Waals surface area (Å²) in [5.41, 5.74) is 0. The number of aryl methyl sites for hydroxylation is 1. The van der Waals surface area contributed by atoms with Crippen LogP contribution in [0, 0.1) is 0 Å². The number of imidazole rings is 1. The normalized spacial score (nSPS) is 20.4. The maximum Gasteiger partial charge on any atom is 0.243 e. The van der Waals surface area contributed by atoms with Crippen LogP contribution in [0.15, 0.2) is 30.9 Å². The van der Waals surface area contributed by atoms with E-state index < -0.39 is 0 Å². The molecule has 3 heterocycles. The lowest BCUT2D eigenvalue weighted by molar-refractivity contribution is -0.122. The van der Waals surface area contributed by atoms with E-state index in [9.17, 15) is 4.79 Å². The monoisotopic (exact) mass is 343 g/mol. The van der Waals surface area contributed by atoms with Crippen molar-refractivity contribution in [2.24, 2.45) is 7.05 Å². The summed E-state index contributed by atoms with van der Waals surface area (Å²) in [6.07, 6.45) is 7.03. The third-order valence-corrected chi connectivity index (χ3v) is 4.79. The van der Waals surface area contributed by atoms with E-state index in [0.29, 0.717) is 12.0 Å². The molecular formula is C17H25N7O. The summed E-state index contributed by atoms with van der Waals surface area (Å²) in [6, 6.07) is 1.86. The van der Waals surface area contributed by atoms with E-state index in [0.717, 1.165) is 32.0 Å². The molecule has 3 rings (SSSR count). The van der Waals surface area contributed by atoms with Crippen molar-refractivity contribution < 1.29 is 4.79 Å². The summed E-state index contributed by atoms with van der Waals surface area (Å²) in [5, 5.41) is 2.78. The molecule has 0 spiro atoms. The van der Waals surface area contributed by atoms with Crippen LogP contribution in [0.3, 0.4) is 0 Å². The Morgan fingerprint density at radius 3 is 2.68 bits per heavy atom. The zero-order valence-corrected chi connectivity index (χ0v) is 15.0. The summed E-state index contributed by atoms with van der Waals surface area (Å²) in [4.78, 5) is 29.5. The number of nitrogens with one attached hydrogen (secondary N) is 1. The van der Waals surface area contributed by atoms with Gasteiger partial charge in [0, 0.05) is 57.5 Å². The highest BCUT2D eigenvalue weighted by molar-refractivity contribution is 5.93. The Morgan fingerprint density at radius 1 is 1.28 bits per heavy atom. The predicted molar refractivity (Wildman–Crippen MR) is 94.8 cm³/mol. The van der Waals surface area contributed by atoms with E-state index in [4.69, 9.17) is 0 Å². The van der Waals surface area contributed by atoms with Crippen molar-refractivity contribution in [3.8, 4) is 0 Å². The number of carbonyl (C=O) groups is 1. The first-order valence-corrected chi connectivity index (χ1v) is 8.57. The van der Waals surface area contributed by atoms with Gasteiger partial charge in [-0.25, -0.2) is 15.0 Å². The van der Waals surface area contributed by atoms with Gasteiger partial charge in [0.1, 0.15) is 5.82 Å². The van der Waals surface area contributed by atoms with Crippen LogP contribution in [0.4, 0.5) is 5.95 Å². The van der Waals surface area contributed by atoms with Gasteiger partial charge in [-0.1, -0.05) is 0 Å². The Kier molecular flexibility index (Phi) is 5.40. The summed E-state index contributed by atoms with van der Waals surface area (Å²) in [7, 11) is 2.02. The van der Waals surface area contributed by atoms with Crippen molar-refractivity contribution in [3.05, 3.63) is 36.7 Å². The van der Waals surface area contributed by atoms with Crippen LogP contribution in [0.2, 0.25) is 0 Å². The van der Waals surface area contributed by atoms with Gasteiger partial charge in [-0.05, 0) is 19.9 Å². The molecular weight excluding hydrogens is 318 g/mol. The SMILES string of the molecule is C[C@H]1CN([C@@H](C)C(=O)Nc2ncccn2)CCN1Cc1nccn1C. The summed E-state index contributed by atoms with van der Waals surface area (Å²) < 4.78 is 2.05. The quantitative estimate of drug-likeness (QED) is 0.863. The van der Waals surface area contributed by atoms with Gasteiger partial charge >= 0.3 is 0 Å². The molecule has 2 aromatic heterocycles. The lowest BCUT2D eigenvalue weighted by Crippen LogP contribution is -2.56. The minimum atomic E-state index is -0.221. The zero-order valence-electron chi connectivity index (χ0n) is 15.0. The Hall–Kier alpha value is -2.32. The van der Waals surface area contributed by atoms with Gasteiger partial charge in [-0.2, -0.15) is 0 Å². The molecule has 0 saturated carbocycles. The summed E-state index contributed by atoms with van der Waals surface area (Å²) in [6.45, 7) is 7.55. The highest BCUT2D eigenvalue weighted by Crippen LogP contribution is 2.15. The topological polar surface area (TPSA) is 79.2 Å². The maximum atomic E-state index is 12.4. The van der Waals surface area contributed by atoms with E-state index in [2.05, 4.69) is 41.6 Å². The van der Waals surface area contributed by atoms with E-state index in [1.807, 2.05) is 26.4 Å². The van der Waals surface area contributed by atoms with Crippen molar-refractivity contribution >= 4 is 11.9 Å². The van der Waals surface area contributed by atoms with Gasteiger partial charge in [-0.15, -0.1) is 0 Å². The zero-order chi connectivity index (χ0) is 17.8. The molecule has 0 bridgehead atoms. The average molecular weight is 343 g/mol. The maximum absolute atomic E-state index is 12.4. The van der Waals surface area contributed by atoms with Crippen molar-refractivity contribution in [1.82, 2.24) is 29.3 Å². The third-order valence-electron chi connectivity index (χ3n) is 4.79. The molecule has 0 radical (unpaired) electrons. The highest BCUT2D eigenvalue weighted by Gasteiger charge is 2.30. The smallest absolute Gasteiger partial charge is 0.243 e. The van der Waals surface area contributed by atoms with Crippen molar-refractivity contribution in [2.75, 3.05) is 25.0 Å². The van der Waals surface area contributed by atoms with Crippen molar-refractivity contribution in [3.63, 3.8) is 0 Å². The molecule has 0 aromatic carbocycles. The number of rotatable bonds is 5. The molecule has 1 N–H and O–H groups in total. The predicted octanol–water partition coefficient (Wildman–Crippen LogP) is 0.743. The first-order valence-electron chi connectivity index (χ1n) is 8.57. The molecule has 1 aliphatic rings. The molecule has 1 fully saturated rings. The standard InChI is InChI=1S/C17H25N7O/c1-13-11-24(10-9-23(13)12-15-18-7-8-22(15)3)14(2)16(25)21-17-19-5-4-6-20-17/h4-8,13-14H,9-12H2,1-3H3,(H,19,20,21,25)/t13-,14-/m0/s1. The van der Waals surface area contributed by atoms with Crippen molar-refractivity contribution in [2.45, 2.75) is 32.5 Å². The molecule has 8 nitrogen and oxygen atoms in total. The molecule has 8 heteroatoms. The number of aromatic nitrogens is 4. The summed E-state index contributed by atoms with van der Waals surface area (Å²) >= 11 is 0. The van der Waals surface area contributed by atoms with E-state index >= 15 is 0 Å². The molecule has 2 atom stereocenters. The van der Waals surface area contributed by atoms with Crippen LogP contribution in [-0.4, -0.2) is 66.9 Å². The number of amides is 1. The second-order valence-electron chi connectivity index (χ2n) is 6.51. The fraction of sp³-hybridized carbons (Fsp3) is 0.529. The lowest BCUT2D eigenvalue weighted by atomic mass is 10.1. The van der Waals surface area contributed by atoms with Gasteiger partial charge < -0.3 is 4.57 Å². The van der Waals surface area contributed by atoms with Gasteiger partial charge in [0.05, 0.1) is 12.6 Å². The van der Waals surface area contributed by atoms with Crippen molar-refractivity contribution in [1.29, 1.82) is 0 Å². The molecule has 2 aromatic rings. The highest BCUT2D eigenvalue weighted by atomic mass is 16.2. The Morgan fingerprint density at radius 2 is 2.04 bits per heavy atom. The lowest BCUT2D eigenvalue weighted by Gasteiger charge is -2.41. The number of hydrogen-bond donors (Lipinski definition) is 1. The summed E-state index contributed by atoms with van der Waals surface area (Å²) in [5.74, 6) is 1.34. The molecule has 25 heavy (non-hydrogen) atoms. The van der Waals surface area contributed by atoms with Gasteiger partial charge in [-0.3, -0.25) is 19.9 Å². The van der Waals surface area contributed by atoms with Crippen LogP contribution in [0.1, 0.15) is 19.7 Å². The fourth-order valence-electron chi connectivity index (χ4n) is 3.08. The van der Waals surface area contributed by atoms with E-state index in [1.54, 1.807) is 18.5 Å². The van der Waals surface area contributed by atoms with Crippen LogP contribution >= 0.6 is 0 Å². The van der Waals surface area contributed by atoms with Crippen LogP contribution < -0.4 is 5.32 Å². The molecule has 1 aliphatic heterocycles. The Labute approximate surface area is 147 Å². The fourth-order valence-corrected chi connectivity index (χ4v) is 3.08. The molecule has 0 unspecified atom stereocenters. The first kappa shape index (κ1) is 17.5. The number of hydrogen-bond acceptors (Lipinski definition) is 6. The van der Waals surface area contributed by atoms with Gasteiger partial charge in [0.15, 0.2) is 0 Å². The number of anilines is 1. The van der Waals surface area contributed by atoms with Gasteiger partial charge in [0.25, 0.3) is 0 Å². The van der Waals surface area contributed by atoms with Crippen LogP contribution in [0.5, 0.6) is 0 Å². The first-order chi connectivity index (χ1) is 12.0.